The van der Waals surface area contributed by atoms with Crippen molar-refractivity contribution in [1.82, 2.24) is 0 Å². The fourth-order valence-electron chi connectivity index (χ4n) is 8.15. The molecule has 7 atom stereocenters. The molecule has 4 heteroatoms. The molecule has 0 aromatic rings. The summed E-state index contributed by atoms with van der Waals surface area (Å²) in [5.41, 5.74) is 1.41. The SMILES string of the molecule is CCCCCC(=O)O[C@]1(C(C)=O)CC[C@@H]2[C@@H]3C=C(C)C4=C[C@@H](O)CC[C@]4(C)[C@@H]3CC[C@@]21C. The largest absolute Gasteiger partial charge is 0.450 e. The molecule has 0 aromatic heterocycles. The fraction of sp³-hybridized carbons (Fsp3) is 0.786. The van der Waals surface area contributed by atoms with E-state index in [0.29, 0.717) is 30.6 Å². The number of unbranched alkanes of at least 4 members (excludes halogenated alkanes) is 2. The van der Waals surface area contributed by atoms with Gasteiger partial charge < -0.3 is 9.84 Å². The second kappa shape index (κ2) is 8.42. The van der Waals surface area contributed by atoms with Crippen LogP contribution in [0.3, 0.4) is 0 Å². The summed E-state index contributed by atoms with van der Waals surface area (Å²) in [6.45, 7) is 10.6. The number of rotatable bonds is 6. The molecule has 4 aliphatic rings. The van der Waals surface area contributed by atoms with Crippen LogP contribution in [-0.2, 0) is 14.3 Å². The fourth-order valence-corrected chi connectivity index (χ4v) is 8.15. The molecule has 32 heavy (non-hydrogen) atoms. The van der Waals surface area contributed by atoms with E-state index < -0.39 is 5.60 Å². The Morgan fingerprint density at radius 1 is 1.06 bits per heavy atom. The van der Waals surface area contributed by atoms with Crippen molar-refractivity contribution in [1.29, 1.82) is 0 Å². The van der Waals surface area contributed by atoms with E-state index in [4.69, 9.17) is 4.74 Å². The summed E-state index contributed by atoms with van der Waals surface area (Å²) in [5.74, 6) is 1.08. The highest BCUT2D eigenvalue weighted by molar-refractivity contribution is 5.89. The van der Waals surface area contributed by atoms with Gasteiger partial charge in [-0.3, -0.25) is 9.59 Å². The van der Waals surface area contributed by atoms with Gasteiger partial charge in [-0.05, 0) is 87.5 Å². The molecule has 178 valence electrons. The molecule has 0 spiro atoms. The van der Waals surface area contributed by atoms with Gasteiger partial charge in [0.1, 0.15) is 0 Å². The summed E-state index contributed by atoms with van der Waals surface area (Å²) in [5, 5.41) is 10.3. The van der Waals surface area contributed by atoms with Crippen molar-refractivity contribution in [3.63, 3.8) is 0 Å². The van der Waals surface area contributed by atoms with Gasteiger partial charge in [-0.1, -0.05) is 51.3 Å². The van der Waals surface area contributed by atoms with Gasteiger partial charge in [0.2, 0.25) is 0 Å². The van der Waals surface area contributed by atoms with Crippen LogP contribution in [0, 0.1) is 28.6 Å². The van der Waals surface area contributed by atoms with E-state index in [2.05, 4.69) is 39.8 Å². The van der Waals surface area contributed by atoms with Crippen LogP contribution in [-0.4, -0.2) is 28.6 Å². The molecule has 0 amide bonds. The van der Waals surface area contributed by atoms with Crippen LogP contribution in [0.1, 0.15) is 98.8 Å². The summed E-state index contributed by atoms with van der Waals surface area (Å²) in [4.78, 5) is 25.9. The molecule has 1 N–H and O–H groups in total. The normalized spacial score (nSPS) is 42.8. The van der Waals surface area contributed by atoms with Crippen molar-refractivity contribution in [2.24, 2.45) is 28.6 Å². The number of allylic oxidation sites excluding steroid dienone is 3. The van der Waals surface area contributed by atoms with Crippen LogP contribution in [0.25, 0.3) is 0 Å². The van der Waals surface area contributed by atoms with Gasteiger partial charge in [-0.2, -0.15) is 0 Å². The molecule has 4 aliphatic carbocycles. The Morgan fingerprint density at radius 3 is 2.47 bits per heavy atom. The molecular weight excluding hydrogens is 400 g/mol. The number of aliphatic hydroxyl groups excluding tert-OH is 1. The topological polar surface area (TPSA) is 63.6 Å². The lowest BCUT2D eigenvalue weighted by molar-refractivity contribution is -0.187. The number of carbonyl (C=O) groups excluding carboxylic acids is 2. The van der Waals surface area contributed by atoms with Gasteiger partial charge in [0.25, 0.3) is 0 Å². The smallest absolute Gasteiger partial charge is 0.306 e. The van der Waals surface area contributed by atoms with Crippen molar-refractivity contribution in [2.45, 2.75) is 111 Å². The van der Waals surface area contributed by atoms with Gasteiger partial charge in [0.05, 0.1) is 6.10 Å². The highest BCUT2D eigenvalue weighted by atomic mass is 16.6. The van der Waals surface area contributed by atoms with Crippen molar-refractivity contribution < 1.29 is 19.4 Å². The number of fused-ring (bicyclic) bond motifs is 5. The minimum atomic E-state index is -0.979. The van der Waals surface area contributed by atoms with Crippen LogP contribution >= 0.6 is 0 Å². The average Bonchev–Trinajstić information content (AvgIpc) is 3.03. The van der Waals surface area contributed by atoms with Crippen LogP contribution in [0.5, 0.6) is 0 Å². The number of Topliss-reactive ketones (excluding diaryl/α,β-unsaturated/α-hetero) is 1. The third-order valence-corrected chi connectivity index (χ3v) is 9.91. The molecule has 4 nitrogen and oxygen atoms in total. The Balaban J connectivity index is 1.66. The van der Waals surface area contributed by atoms with Gasteiger partial charge in [0, 0.05) is 11.8 Å². The van der Waals surface area contributed by atoms with Crippen molar-refractivity contribution in [3.05, 3.63) is 23.3 Å². The Labute approximate surface area is 193 Å². The number of ketones is 1. The van der Waals surface area contributed by atoms with Crippen LogP contribution < -0.4 is 0 Å². The summed E-state index contributed by atoms with van der Waals surface area (Å²) < 4.78 is 6.18. The second-order valence-corrected chi connectivity index (χ2v) is 11.6. The molecule has 2 fully saturated rings. The number of aliphatic hydroxyl groups is 1. The van der Waals surface area contributed by atoms with E-state index in [1.807, 2.05) is 0 Å². The maximum absolute atomic E-state index is 13.1. The van der Waals surface area contributed by atoms with Crippen molar-refractivity contribution >= 4 is 11.8 Å². The third kappa shape index (κ3) is 3.43. The minimum Gasteiger partial charge on any atom is -0.450 e. The number of esters is 1. The molecule has 0 saturated heterocycles. The summed E-state index contributed by atoms with van der Waals surface area (Å²) >= 11 is 0. The molecule has 2 saturated carbocycles. The Morgan fingerprint density at radius 2 is 1.78 bits per heavy atom. The van der Waals surface area contributed by atoms with E-state index >= 15 is 0 Å². The zero-order valence-electron chi connectivity index (χ0n) is 20.7. The van der Waals surface area contributed by atoms with Crippen molar-refractivity contribution in [2.75, 3.05) is 0 Å². The second-order valence-electron chi connectivity index (χ2n) is 11.6. The van der Waals surface area contributed by atoms with E-state index in [-0.39, 0.29) is 28.7 Å². The van der Waals surface area contributed by atoms with Crippen LogP contribution in [0.4, 0.5) is 0 Å². The lowest BCUT2D eigenvalue weighted by atomic mass is 9.47. The Bertz CT molecular complexity index is 840. The number of hydrogen-bond donors (Lipinski definition) is 1. The quantitative estimate of drug-likeness (QED) is 0.409. The standard InChI is InChI=1S/C28H42O4/c1-6-7-8-9-25(31)32-28(19(3)29)15-12-23-21-16-18(2)24-17-20(30)10-13-26(24,4)22(21)11-14-27(23,28)5/h16-17,20-23,30H,6-15H2,1-5H3/t20-,21+,22+,23+,26+,27-,28-/m0/s1. The zero-order chi connectivity index (χ0) is 23.3. The predicted molar refractivity (Wildman–Crippen MR) is 126 cm³/mol. The zero-order valence-corrected chi connectivity index (χ0v) is 20.7. The van der Waals surface area contributed by atoms with E-state index in [0.717, 1.165) is 51.4 Å². The maximum atomic E-state index is 13.1. The summed E-state index contributed by atoms with van der Waals surface area (Å²) in [6.07, 6.45) is 12.9. The Kier molecular flexibility index (Phi) is 6.24. The van der Waals surface area contributed by atoms with E-state index in [9.17, 15) is 14.7 Å². The van der Waals surface area contributed by atoms with Gasteiger partial charge in [0.15, 0.2) is 11.4 Å². The predicted octanol–water partition coefficient (Wildman–Crippen LogP) is 5.93. The first-order valence-electron chi connectivity index (χ1n) is 12.9. The number of ether oxygens (including phenoxy) is 1. The molecule has 0 heterocycles. The first-order valence-corrected chi connectivity index (χ1v) is 12.9. The minimum absolute atomic E-state index is 0.0221. The van der Waals surface area contributed by atoms with Crippen molar-refractivity contribution in [3.8, 4) is 0 Å². The lowest BCUT2D eigenvalue weighted by Gasteiger charge is -2.58. The molecule has 0 unspecified atom stereocenters. The first-order chi connectivity index (χ1) is 15.1. The maximum Gasteiger partial charge on any atom is 0.306 e. The lowest BCUT2D eigenvalue weighted by Crippen LogP contribution is -2.58. The molecule has 0 aromatic carbocycles. The third-order valence-electron chi connectivity index (χ3n) is 9.91. The molecule has 0 aliphatic heterocycles. The summed E-state index contributed by atoms with van der Waals surface area (Å²) in [6, 6.07) is 0. The molecule has 0 bridgehead atoms. The molecular formula is C28H42O4. The monoisotopic (exact) mass is 442 g/mol. The van der Waals surface area contributed by atoms with Crippen LogP contribution in [0.15, 0.2) is 23.3 Å². The van der Waals surface area contributed by atoms with E-state index in [1.165, 1.54) is 11.1 Å². The number of carbonyl (C=O) groups is 2. The highest BCUT2D eigenvalue weighted by Crippen LogP contribution is 2.68. The van der Waals surface area contributed by atoms with Gasteiger partial charge >= 0.3 is 5.97 Å². The van der Waals surface area contributed by atoms with Gasteiger partial charge in [-0.15, -0.1) is 0 Å². The Hall–Kier alpha value is -1.42. The summed E-state index contributed by atoms with van der Waals surface area (Å²) in [7, 11) is 0. The average molecular weight is 443 g/mol. The van der Waals surface area contributed by atoms with Gasteiger partial charge in [-0.25, -0.2) is 0 Å². The molecule has 0 radical (unpaired) electrons. The molecule has 4 rings (SSSR count). The highest BCUT2D eigenvalue weighted by Gasteiger charge is 2.67. The van der Waals surface area contributed by atoms with Crippen LogP contribution in [0.2, 0.25) is 0 Å². The first kappa shape index (κ1) is 23.7. The van der Waals surface area contributed by atoms with E-state index in [1.54, 1.807) is 6.92 Å². The number of hydrogen-bond acceptors (Lipinski definition) is 4.